The molecule has 7 nitrogen and oxygen atoms in total. The average Bonchev–Trinajstić information content (AvgIpc) is 2.86. The van der Waals surface area contributed by atoms with Crippen LogP contribution in [-0.2, 0) is 0 Å². The van der Waals surface area contributed by atoms with Gasteiger partial charge >= 0.3 is 5.97 Å². The zero-order chi connectivity index (χ0) is 10.7. The number of hydrogen-bond acceptors (Lipinski definition) is 5. The topological polar surface area (TPSA) is 104 Å². The van der Waals surface area contributed by atoms with Crippen molar-refractivity contribution >= 4 is 18.1 Å². The lowest BCUT2D eigenvalue weighted by atomic mass is 10.5. The molecule has 0 amide bonds. The Morgan fingerprint density at radius 1 is 1.67 bits per heavy atom. The van der Waals surface area contributed by atoms with Gasteiger partial charge in [-0.05, 0) is 12.1 Å². The summed E-state index contributed by atoms with van der Waals surface area (Å²) in [7, 11) is 0. The number of H-pyrrole nitrogens is 1. The van der Waals surface area contributed by atoms with Gasteiger partial charge in [-0.2, -0.15) is 4.98 Å². The van der Waals surface area contributed by atoms with Crippen molar-refractivity contribution in [3.63, 3.8) is 0 Å². The summed E-state index contributed by atoms with van der Waals surface area (Å²) in [6.45, 7) is 0. The first-order valence-electron chi connectivity index (χ1n) is 3.99. The molecule has 0 aliphatic heterocycles. The highest BCUT2D eigenvalue weighted by atomic mass is 16.4. The number of nitrogens with one attached hydrogen (secondary N) is 1. The Morgan fingerprint density at radius 2 is 2.53 bits per heavy atom. The molecule has 7 heteroatoms. The highest BCUT2D eigenvalue weighted by molar-refractivity contribution is 5.83. The molecule has 0 bridgehead atoms. The monoisotopic (exact) mass is 206 g/mol. The fraction of sp³-hybridized carbons (Fsp3) is 0. The van der Waals surface area contributed by atoms with Gasteiger partial charge < -0.3 is 9.52 Å². The van der Waals surface area contributed by atoms with Crippen molar-refractivity contribution in [2.75, 3.05) is 0 Å². The molecule has 2 N–H and O–H groups in total. The second kappa shape index (κ2) is 3.74. The first-order chi connectivity index (χ1) is 7.25. The van der Waals surface area contributed by atoms with E-state index in [1.165, 1.54) is 12.5 Å². The van der Waals surface area contributed by atoms with Crippen LogP contribution < -0.4 is 0 Å². The largest absolute Gasteiger partial charge is 0.475 e. The van der Waals surface area contributed by atoms with Crippen molar-refractivity contribution in [3.8, 4) is 0 Å². The first-order valence-corrected chi connectivity index (χ1v) is 3.99. The van der Waals surface area contributed by atoms with Gasteiger partial charge in [0.2, 0.25) is 5.82 Å². The van der Waals surface area contributed by atoms with Crippen molar-refractivity contribution in [3.05, 3.63) is 30.0 Å². The van der Waals surface area contributed by atoms with Crippen molar-refractivity contribution in [2.24, 2.45) is 4.99 Å². The van der Waals surface area contributed by atoms with Gasteiger partial charge in [0, 0.05) is 0 Å². The smallest absolute Gasteiger partial charge is 0.373 e. The van der Waals surface area contributed by atoms with Gasteiger partial charge in [0.15, 0.2) is 0 Å². The Kier molecular flexibility index (Phi) is 2.28. The molecule has 0 aliphatic carbocycles. The number of nitrogens with zero attached hydrogens (tertiary/aromatic N) is 3. The van der Waals surface area contributed by atoms with E-state index in [1.807, 2.05) is 0 Å². The second-order valence-electron chi connectivity index (χ2n) is 2.56. The van der Waals surface area contributed by atoms with E-state index < -0.39 is 5.97 Å². The molecule has 0 radical (unpaired) electrons. The minimum atomic E-state index is -1.18. The molecule has 0 spiro atoms. The van der Waals surface area contributed by atoms with E-state index in [1.54, 1.807) is 12.1 Å². The van der Waals surface area contributed by atoms with E-state index in [4.69, 9.17) is 9.52 Å². The SMILES string of the molecule is O=C(O)c1nc(N=Cc2ccco2)n[nH]1. The van der Waals surface area contributed by atoms with Gasteiger partial charge in [0.1, 0.15) is 5.76 Å². The fourth-order valence-electron chi connectivity index (χ4n) is 0.892. The molecular formula is C8H6N4O3. The summed E-state index contributed by atoms with van der Waals surface area (Å²) in [5, 5.41) is 14.4. The zero-order valence-corrected chi connectivity index (χ0v) is 7.41. The summed E-state index contributed by atoms with van der Waals surface area (Å²) in [5.74, 6) is -0.844. The number of aromatic carboxylic acids is 1. The van der Waals surface area contributed by atoms with Gasteiger partial charge in [-0.15, -0.1) is 5.10 Å². The zero-order valence-electron chi connectivity index (χ0n) is 7.41. The van der Waals surface area contributed by atoms with Crippen LogP contribution in [0.2, 0.25) is 0 Å². The Balaban J connectivity index is 2.14. The van der Waals surface area contributed by atoms with Gasteiger partial charge in [-0.1, -0.05) is 0 Å². The normalized spacial score (nSPS) is 10.9. The van der Waals surface area contributed by atoms with Crippen LogP contribution >= 0.6 is 0 Å². The van der Waals surface area contributed by atoms with Crippen LogP contribution in [-0.4, -0.2) is 32.5 Å². The summed E-state index contributed by atoms with van der Waals surface area (Å²) in [4.78, 5) is 17.9. The number of carboxylic acids is 1. The molecule has 2 aromatic heterocycles. The average molecular weight is 206 g/mol. The van der Waals surface area contributed by atoms with Gasteiger partial charge in [0.25, 0.3) is 5.95 Å². The Bertz CT molecular complexity index is 486. The molecule has 0 fully saturated rings. The summed E-state index contributed by atoms with van der Waals surface area (Å²) in [5.41, 5.74) is 0. The van der Waals surface area contributed by atoms with Crippen LogP contribution in [0.3, 0.4) is 0 Å². The Hall–Kier alpha value is -2.44. The quantitative estimate of drug-likeness (QED) is 0.724. The standard InChI is InChI=1S/C8H6N4O3/c13-7(14)6-10-8(12-11-6)9-4-5-2-1-3-15-5/h1-4H,(H,13,14)(H,10,11,12). The van der Waals surface area contributed by atoms with E-state index in [0.29, 0.717) is 5.76 Å². The molecule has 0 aliphatic rings. The fourth-order valence-corrected chi connectivity index (χ4v) is 0.892. The third-order valence-corrected chi connectivity index (χ3v) is 1.53. The molecule has 0 unspecified atom stereocenters. The lowest BCUT2D eigenvalue weighted by molar-refractivity contribution is 0.0684. The molecule has 2 aromatic rings. The van der Waals surface area contributed by atoms with Crippen molar-refractivity contribution < 1.29 is 14.3 Å². The number of carbonyl (C=O) groups is 1. The van der Waals surface area contributed by atoms with Gasteiger partial charge in [0.05, 0.1) is 12.5 Å². The van der Waals surface area contributed by atoms with E-state index in [0.717, 1.165) is 0 Å². The highest BCUT2D eigenvalue weighted by Crippen LogP contribution is 2.04. The minimum Gasteiger partial charge on any atom is -0.475 e. The van der Waals surface area contributed by atoms with Crippen LogP contribution in [0.15, 0.2) is 27.8 Å². The van der Waals surface area contributed by atoms with E-state index in [9.17, 15) is 4.79 Å². The molecule has 0 saturated heterocycles. The summed E-state index contributed by atoms with van der Waals surface area (Å²) >= 11 is 0. The maximum Gasteiger partial charge on any atom is 0.373 e. The second-order valence-corrected chi connectivity index (χ2v) is 2.56. The maximum atomic E-state index is 10.4. The number of rotatable bonds is 3. The van der Waals surface area contributed by atoms with Gasteiger partial charge in [-0.25, -0.2) is 9.79 Å². The van der Waals surface area contributed by atoms with Crippen LogP contribution in [0.1, 0.15) is 16.4 Å². The predicted octanol–water partition coefficient (Wildman–Crippen LogP) is 0.846. The van der Waals surface area contributed by atoms with Crippen LogP contribution in [0.25, 0.3) is 0 Å². The van der Waals surface area contributed by atoms with Crippen molar-refractivity contribution in [1.29, 1.82) is 0 Å². The van der Waals surface area contributed by atoms with E-state index in [2.05, 4.69) is 20.2 Å². The van der Waals surface area contributed by atoms with Gasteiger partial charge in [-0.3, -0.25) is 5.10 Å². The molecular weight excluding hydrogens is 200 g/mol. The first kappa shape index (κ1) is 9.13. The predicted molar refractivity (Wildman–Crippen MR) is 49.3 cm³/mol. The van der Waals surface area contributed by atoms with Crippen molar-refractivity contribution in [1.82, 2.24) is 15.2 Å². The van der Waals surface area contributed by atoms with Crippen LogP contribution in [0.4, 0.5) is 5.95 Å². The Morgan fingerprint density at radius 3 is 3.13 bits per heavy atom. The maximum absolute atomic E-state index is 10.4. The molecule has 0 aromatic carbocycles. The third-order valence-electron chi connectivity index (χ3n) is 1.53. The summed E-state index contributed by atoms with van der Waals surface area (Å²) < 4.78 is 4.98. The van der Waals surface area contributed by atoms with Crippen LogP contribution in [0, 0.1) is 0 Å². The number of aromatic nitrogens is 3. The number of aliphatic imine (C=N–C) groups is 1. The molecule has 2 rings (SSSR count). The summed E-state index contributed by atoms with van der Waals surface area (Å²) in [6.07, 6.45) is 2.90. The van der Waals surface area contributed by atoms with Crippen LogP contribution in [0.5, 0.6) is 0 Å². The lowest BCUT2D eigenvalue weighted by Gasteiger charge is -1.81. The lowest BCUT2D eigenvalue weighted by Crippen LogP contribution is -1.98. The minimum absolute atomic E-state index is 0.0452. The highest BCUT2D eigenvalue weighted by Gasteiger charge is 2.08. The van der Waals surface area contributed by atoms with Crippen molar-refractivity contribution in [2.45, 2.75) is 0 Å². The molecule has 0 atom stereocenters. The van der Waals surface area contributed by atoms with E-state index in [-0.39, 0.29) is 11.8 Å². The molecule has 15 heavy (non-hydrogen) atoms. The third kappa shape index (κ3) is 2.08. The summed E-state index contributed by atoms with van der Waals surface area (Å²) in [6, 6.07) is 3.41. The number of furan rings is 1. The van der Waals surface area contributed by atoms with E-state index >= 15 is 0 Å². The molecule has 76 valence electrons. The number of aromatic amines is 1. The number of carboxylic acid groups (broad SMARTS) is 1. The number of hydrogen-bond donors (Lipinski definition) is 2. The molecule has 2 heterocycles. The molecule has 0 saturated carbocycles. The Labute approximate surface area is 83.5 Å².